The van der Waals surface area contributed by atoms with E-state index in [1.165, 1.54) is 78.2 Å². The average molecular weight is 501 g/mol. The molecule has 4 heteroatoms. The molecule has 4 rings (SSSR count). The van der Waals surface area contributed by atoms with Crippen molar-refractivity contribution in [3.05, 3.63) is 88.1 Å². The third-order valence-electron chi connectivity index (χ3n) is 7.39. The predicted octanol–water partition coefficient (Wildman–Crippen LogP) is 7.64. The van der Waals surface area contributed by atoms with Crippen LogP contribution in [0.1, 0.15) is 86.6 Å². The van der Waals surface area contributed by atoms with E-state index in [2.05, 4.69) is 79.7 Å². The molecule has 37 heavy (non-hydrogen) atoms. The molecule has 1 unspecified atom stereocenters. The van der Waals surface area contributed by atoms with Gasteiger partial charge in [-0.3, -0.25) is 9.79 Å². The molecule has 0 N–H and O–H groups in total. The molecule has 2 aromatic carbocycles. The van der Waals surface area contributed by atoms with E-state index in [-0.39, 0.29) is 5.97 Å². The van der Waals surface area contributed by atoms with E-state index < -0.39 is 0 Å². The van der Waals surface area contributed by atoms with E-state index in [0.29, 0.717) is 12.5 Å². The molecule has 0 bridgehead atoms. The van der Waals surface area contributed by atoms with Crippen LogP contribution in [0, 0.1) is 13.8 Å². The summed E-state index contributed by atoms with van der Waals surface area (Å²) in [6.07, 6.45) is 7.99. The Hall–Kier alpha value is -2.98. The second-order valence-electron chi connectivity index (χ2n) is 10.4. The van der Waals surface area contributed by atoms with Crippen LogP contribution in [-0.4, -0.2) is 43.3 Å². The molecule has 0 radical (unpaired) electrons. The molecular formula is C33H44N2O2. The minimum atomic E-state index is -0.168. The topological polar surface area (TPSA) is 41.9 Å². The van der Waals surface area contributed by atoms with E-state index in [9.17, 15) is 4.79 Å². The van der Waals surface area contributed by atoms with Gasteiger partial charge in [-0.15, -0.1) is 0 Å². The number of aliphatic imine (C=N–C) groups is 1. The number of nitrogens with zero attached hydrogens (tertiary/aromatic N) is 2. The first-order valence-corrected chi connectivity index (χ1v) is 13.7. The summed E-state index contributed by atoms with van der Waals surface area (Å²) in [4.78, 5) is 17.4. The van der Waals surface area contributed by atoms with Gasteiger partial charge in [-0.05, 0) is 105 Å². The quantitative estimate of drug-likeness (QED) is 0.223. The number of hydrogen-bond acceptors (Lipinski definition) is 4. The highest BCUT2D eigenvalue weighted by atomic mass is 16.5. The first-order valence-electron chi connectivity index (χ1n) is 13.7. The number of hydrogen-bond donors (Lipinski definition) is 0. The van der Waals surface area contributed by atoms with Crippen molar-refractivity contribution in [2.75, 3.05) is 26.2 Å². The average Bonchev–Trinajstić information content (AvgIpc) is 2.89. The van der Waals surface area contributed by atoms with E-state index in [4.69, 9.17) is 4.74 Å². The molecule has 0 spiro atoms. The zero-order chi connectivity index (χ0) is 26.8. The Morgan fingerprint density at radius 1 is 1.05 bits per heavy atom. The van der Waals surface area contributed by atoms with Crippen LogP contribution in [0.3, 0.4) is 0 Å². The van der Waals surface area contributed by atoms with E-state index >= 15 is 0 Å². The Morgan fingerprint density at radius 3 is 2.46 bits per heavy atom. The third kappa shape index (κ3) is 8.53. The molecule has 2 aliphatic rings. The van der Waals surface area contributed by atoms with Crippen LogP contribution < -0.4 is 0 Å². The number of esters is 1. The third-order valence-corrected chi connectivity index (χ3v) is 7.39. The lowest BCUT2D eigenvalue weighted by atomic mass is 9.76. The molecule has 4 nitrogen and oxygen atoms in total. The van der Waals surface area contributed by atoms with Gasteiger partial charge in [0.25, 0.3) is 0 Å². The van der Waals surface area contributed by atoms with Crippen molar-refractivity contribution in [3.63, 3.8) is 0 Å². The van der Waals surface area contributed by atoms with E-state index in [1.807, 2.05) is 13.1 Å². The van der Waals surface area contributed by atoms with Crippen molar-refractivity contribution in [2.24, 2.45) is 4.99 Å². The first-order chi connectivity index (χ1) is 17.8. The summed E-state index contributed by atoms with van der Waals surface area (Å²) >= 11 is 0. The summed E-state index contributed by atoms with van der Waals surface area (Å²) in [5.41, 5.74) is 10.3. The molecule has 198 valence electrons. The number of carbonyl (C=O) groups excluding carboxylic acids is 1. The molecule has 0 saturated carbocycles. The molecule has 2 aromatic rings. The van der Waals surface area contributed by atoms with Crippen LogP contribution in [0.4, 0.5) is 0 Å². The van der Waals surface area contributed by atoms with Gasteiger partial charge in [0.15, 0.2) is 0 Å². The van der Waals surface area contributed by atoms with Crippen LogP contribution >= 0.6 is 0 Å². The zero-order valence-electron chi connectivity index (χ0n) is 23.5. The Balaban J connectivity index is 0.000000248. The van der Waals surface area contributed by atoms with Gasteiger partial charge in [-0.25, -0.2) is 0 Å². The summed E-state index contributed by atoms with van der Waals surface area (Å²) in [6, 6.07) is 15.6. The van der Waals surface area contributed by atoms with Crippen LogP contribution in [0.2, 0.25) is 0 Å². The van der Waals surface area contributed by atoms with Gasteiger partial charge in [0.2, 0.25) is 0 Å². The van der Waals surface area contributed by atoms with Gasteiger partial charge in [0, 0.05) is 31.3 Å². The predicted molar refractivity (Wildman–Crippen MR) is 156 cm³/mol. The second-order valence-corrected chi connectivity index (χ2v) is 10.4. The van der Waals surface area contributed by atoms with Gasteiger partial charge < -0.3 is 9.64 Å². The summed E-state index contributed by atoms with van der Waals surface area (Å²) in [6.45, 7) is 17.9. The van der Waals surface area contributed by atoms with Gasteiger partial charge in [-0.2, -0.15) is 0 Å². The fraction of sp³-hybridized carbons (Fsp3) is 0.455. The number of fused-ring (bicyclic) bond motifs is 1. The molecule has 1 heterocycles. The van der Waals surface area contributed by atoms with E-state index in [1.54, 1.807) is 0 Å². The Labute approximate surface area is 224 Å². The van der Waals surface area contributed by atoms with Crippen molar-refractivity contribution < 1.29 is 9.53 Å². The highest BCUT2D eigenvalue weighted by Crippen LogP contribution is 2.41. The first kappa shape index (κ1) is 28.6. The number of ether oxygens (including phenoxy) is 1. The molecule has 1 fully saturated rings. The number of allylic oxidation sites excluding steroid dienone is 3. The largest absolute Gasteiger partial charge is 0.466 e. The maximum Gasteiger partial charge on any atom is 0.302 e. The summed E-state index contributed by atoms with van der Waals surface area (Å²) in [5.74, 6) is 0.217. The number of likely N-dealkylation sites (tertiary alicyclic amines) is 1. The zero-order valence-corrected chi connectivity index (χ0v) is 23.5. The SMILES string of the molecule is C=C(C)N=CC1=C(C)c2ccccc2C(c2ccc(C)c(C)c2)C1.CC(=O)OCCCN1CCCCC1. The fourth-order valence-corrected chi connectivity index (χ4v) is 5.10. The van der Waals surface area contributed by atoms with Crippen molar-refractivity contribution >= 4 is 17.8 Å². The highest BCUT2D eigenvalue weighted by Gasteiger charge is 2.25. The highest BCUT2D eigenvalue weighted by molar-refractivity contribution is 5.93. The van der Waals surface area contributed by atoms with Crippen LogP contribution in [0.25, 0.3) is 5.57 Å². The summed E-state index contributed by atoms with van der Waals surface area (Å²) < 4.78 is 4.87. The van der Waals surface area contributed by atoms with E-state index in [0.717, 1.165) is 25.1 Å². The number of rotatable bonds is 7. The Morgan fingerprint density at radius 2 is 1.78 bits per heavy atom. The Kier molecular flexibility index (Phi) is 10.9. The number of carbonyl (C=O) groups is 1. The molecule has 1 saturated heterocycles. The van der Waals surface area contributed by atoms with Crippen molar-refractivity contribution in [2.45, 2.75) is 72.6 Å². The maximum absolute atomic E-state index is 10.5. The van der Waals surface area contributed by atoms with Crippen molar-refractivity contribution in [3.8, 4) is 0 Å². The van der Waals surface area contributed by atoms with Gasteiger partial charge in [-0.1, -0.05) is 55.5 Å². The van der Waals surface area contributed by atoms with Gasteiger partial charge in [0.05, 0.1) is 6.61 Å². The minimum absolute atomic E-state index is 0.168. The van der Waals surface area contributed by atoms with Crippen LogP contribution in [0.15, 0.2) is 65.3 Å². The number of aryl methyl sites for hydroxylation is 2. The smallest absolute Gasteiger partial charge is 0.302 e. The molecule has 1 atom stereocenters. The lowest BCUT2D eigenvalue weighted by Gasteiger charge is -2.28. The normalized spacial score (nSPS) is 17.7. The fourth-order valence-electron chi connectivity index (χ4n) is 5.10. The lowest BCUT2D eigenvalue weighted by molar-refractivity contribution is -0.141. The standard InChI is InChI=1S/C23H25N.C10H19NO2/c1-15(2)24-14-20-13-23(19-11-10-16(3)17(4)12-19)22-9-7-6-8-21(22)18(20)5;1-10(12)13-9-5-8-11-6-3-2-4-7-11/h6-12,14,23H,1,13H2,2-5H3;2-9H2,1H3. The Bertz CT molecular complexity index is 1140. The number of benzene rings is 2. The second kappa shape index (κ2) is 14.1. The molecule has 0 amide bonds. The molecule has 1 aliphatic carbocycles. The summed E-state index contributed by atoms with van der Waals surface area (Å²) in [7, 11) is 0. The summed E-state index contributed by atoms with van der Waals surface area (Å²) in [5, 5.41) is 0. The maximum atomic E-state index is 10.5. The molecular weight excluding hydrogens is 456 g/mol. The van der Waals surface area contributed by atoms with Gasteiger partial charge in [0.1, 0.15) is 0 Å². The monoisotopic (exact) mass is 500 g/mol. The van der Waals surface area contributed by atoms with Crippen molar-refractivity contribution in [1.82, 2.24) is 4.90 Å². The lowest BCUT2D eigenvalue weighted by Crippen LogP contribution is -2.31. The minimum Gasteiger partial charge on any atom is -0.466 e. The molecule has 0 aromatic heterocycles. The van der Waals surface area contributed by atoms with Crippen LogP contribution in [0.5, 0.6) is 0 Å². The number of piperidine rings is 1. The van der Waals surface area contributed by atoms with Gasteiger partial charge >= 0.3 is 5.97 Å². The molecule has 1 aliphatic heterocycles. The van der Waals surface area contributed by atoms with Crippen LogP contribution in [-0.2, 0) is 9.53 Å². The van der Waals surface area contributed by atoms with Crippen molar-refractivity contribution in [1.29, 1.82) is 0 Å².